The van der Waals surface area contributed by atoms with Crippen LogP contribution in [0.2, 0.25) is 5.02 Å². The average Bonchev–Trinajstić information content (AvgIpc) is 2.99. The molecule has 1 aliphatic heterocycles. The third-order valence-corrected chi connectivity index (χ3v) is 7.12. The number of ether oxygens (including phenoxy) is 1. The summed E-state index contributed by atoms with van der Waals surface area (Å²) in [7, 11) is 0. The maximum atomic E-state index is 13.7. The molecular formula is C33H23ClN2O4. The number of rotatable bonds is 7. The number of halogens is 1. The lowest BCUT2D eigenvalue weighted by Crippen LogP contribution is -2.46. The maximum Gasteiger partial charge on any atom is 0.261 e. The molecule has 0 bridgehead atoms. The predicted molar refractivity (Wildman–Crippen MR) is 155 cm³/mol. The molecule has 0 atom stereocenters. The van der Waals surface area contributed by atoms with Crippen molar-refractivity contribution in [1.29, 1.82) is 0 Å². The minimum atomic E-state index is -0.375. The highest BCUT2D eigenvalue weighted by atomic mass is 35.5. The second-order valence-electron chi connectivity index (χ2n) is 9.34. The summed E-state index contributed by atoms with van der Waals surface area (Å²) < 4.78 is 5.90. The van der Waals surface area contributed by atoms with E-state index < -0.39 is 0 Å². The van der Waals surface area contributed by atoms with Gasteiger partial charge < -0.3 is 9.64 Å². The maximum absolute atomic E-state index is 13.7. The third kappa shape index (κ3) is 4.81. The number of imide groups is 1. The Morgan fingerprint density at radius 2 is 1.30 bits per heavy atom. The van der Waals surface area contributed by atoms with Gasteiger partial charge in [0.05, 0.1) is 0 Å². The summed E-state index contributed by atoms with van der Waals surface area (Å²) in [6, 6.07) is 34.0. The highest BCUT2D eigenvalue weighted by Crippen LogP contribution is 2.31. The molecule has 0 aliphatic carbocycles. The first kappa shape index (κ1) is 25.3. The molecular weight excluding hydrogens is 524 g/mol. The predicted octanol–water partition coefficient (Wildman–Crippen LogP) is 7.23. The minimum absolute atomic E-state index is 0.0178. The summed E-state index contributed by atoms with van der Waals surface area (Å²) in [5.74, 6) is 0.272. The number of anilines is 1. The van der Waals surface area contributed by atoms with Crippen molar-refractivity contribution >= 4 is 45.8 Å². The van der Waals surface area contributed by atoms with E-state index in [1.54, 1.807) is 65.6 Å². The van der Waals surface area contributed by atoms with Crippen molar-refractivity contribution in [1.82, 2.24) is 4.90 Å². The van der Waals surface area contributed by atoms with Gasteiger partial charge in [0, 0.05) is 45.9 Å². The van der Waals surface area contributed by atoms with Crippen LogP contribution >= 0.6 is 11.6 Å². The molecule has 0 radical (unpaired) electrons. The first-order valence-corrected chi connectivity index (χ1v) is 13.2. The second-order valence-corrected chi connectivity index (χ2v) is 9.78. The molecule has 0 fully saturated rings. The Morgan fingerprint density at radius 1 is 0.700 bits per heavy atom. The van der Waals surface area contributed by atoms with Crippen LogP contribution in [0, 0.1) is 0 Å². The van der Waals surface area contributed by atoms with E-state index in [9.17, 15) is 14.4 Å². The number of para-hydroxylation sites is 1. The fourth-order valence-corrected chi connectivity index (χ4v) is 5.02. The quantitative estimate of drug-likeness (QED) is 0.202. The molecule has 6 nitrogen and oxygen atoms in total. The average molecular weight is 547 g/mol. The summed E-state index contributed by atoms with van der Waals surface area (Å²) in [5.41, 5.74) is 1.98. The lowest BCUT2D eigenvalue weighted by molar-refractivity contribution is 0.0611. The molecule has 0 unspecified atom stereocenters. The normalized spacial score (nSPS) is 12.5. The van der Waals surface area contributed by atoms with Crippen molar-refractivity contribution in [2.45, 2.75) is 0 Å². The Balaban J connectivity index is 1.29. The van der Waals surface area contributed by atoms with Crippen molar-refractivity contribution < 1.29 is 19.1 Å². The zero-order valence-electron chi connectivity index (χ0n) is 21.3. The summed E-state index contributed by atoms with van der Waals surface area (Å²) in [5, 5.41) is 2.02. The zero-order chi connectivity index (χ0) is 27.6. The van der Waals surface area contributed by atoms with Gasteiger partial charge in [-0.05, 0) is 78.2 Å². The molecule has 1 heterocycles. The van der Waals surface area contributed by atoms with Crippen LogP contribution in [0.5, 0.6) is 11.5 Å². The second kappa shape index (κ2) is 10.7. The number of amides is 3. The van der Waals surface area contributed by atoms with Crippen molar-refractivity contribution in [3.05, 3.63) is 137 Å². The molecule has 196 valence electrons. The largest absolute Gasteiger partial charge is 0.457 e. The first-order valence-electron chi connectivity index (χ1n) is 12.8. The van der Waals surface area contributed by atoms with E-state index in [4.69, 9.17) is 16.3 Å². The van der Waals surface area contributed by atoms with Gasteiger partial charge >= 0.3 is 0 Å². The van der Waals surface area contributed by atoms with Gasteiger partial charge in [0.1, 0.15) is 11.5 Å². The fraction of sp³-hybridized carbons (Fsp3) is 0.0606. The molecule has 5 aromatic carbocycles. The van der Waals surface area contributed by atoms with Crippen LogP contribution in [0.3, 0.4) is 0 Å². The van der Waals surface area contributed by atoms with Gasteiger partial charge in [0.15, 0.2) is 0 Å². The van der Waals surface area contributed by atoms with Crippen molar-refractivity contribution in [3.8, 4) is 11.5 Å². The van der Waals surface area contributed by atoms with Gasteiger partial charge in [-0.15, -0.1) is 0 Å². The molecule has 0 spiro atoms. The third-order valence-electron chi connectivity index (χ3n) is 6.87. The summed E-state index contributed by atoms with van der Waals surface area (Å²) in [6.07, 6.45) is 0. The molecule has 1 aliphatic rings. The van der Waals surface area contributed by atoms with E-state index in [1.807, 2.05) is 54.6 Å². The Labute approximate surface area is 236 Å². The van der Waals surface area contributed by atoms with Crippen LogP contribution in [0.15, 0.2) is 115 Å². The van der Waals surface area contributed by atoms with Crippen molar-refractivity contribution in [2.24, 2.45) is 0 Å². The van der Waals surface area contributed by atoms with Crippen LogP contribution in [0.4, 0.5) is 5.69 Å². The van der Waals surface area contributed by atoms with Gasteiger partial charge in [-0.1, -0.05) is 54.1 Å². The Bertz CT molecular complexity index is 1680. The lowest BCUT2D eigenvalue weighted by Gasteiger charge is -2.30. The van der Waals surface area contributed by atoms with Crippen molar-refractivity contribution in [2.75, 3.05) is 18.0 Å². The molecule has 5 aromatic rings. The number of hydrogen-bond donors (Lipinski definition) is 0. The molecule has 40 heavy (non-hydrogen) atoms. The number of benzene rings is 5. The van der Waals surface area contributed by atoms with Crippen LogP contribution in [0.1, 0.15) is 31.1 Å². The Morgan fingerprint density at radius 3 is 1.93 bits per heavy atom. The lowest BCUT2D eigenvalue weighted by atomic mass is 9.94. The van der Waals surface area contributed by atoms with Crippen LogP contribution in [-0.4, -0.2) is 35.7 Å². The van der Waals surface area contributed by atoms with Crippen LogP contribution < -0.4 is 9.64 Å². The van der Waals surface area contributed by atoms with Crippen LogP contribution in [0.25, 0.3) is 10.8 Å². The highest BCUT2D eigenvalue weighted by molar-refractivity contribution is 6.30. The molecule has 6 rings (SSSR count). The number of nitrogens with zero attached hydrogens (tertiary/aromatic N) is 2. The van der Waals surface area contributed by atoms with Crippen molar-refractivity contribution in [3.63, 3.8) is 0 Å². The summed E-state index contributed by atoms with van der Waals surface area (Å²) in [4.78, 5) is 43.3. The molecule has 0 N–H and O–H groups in total. The van der Waals surface area contributed by atoms with E-state index in [1.165, 1.54) is 4.90 Å². The Hall–Kier alpha value is -4.94. The minimum Gasteiger partial charge on any atom is -0.457 e. The fourth-order valence-electron chi connectivity index (χ4n) is 4.90. The topological polar surface area (TPSA) is 66.9 Å². The van der Waals surface area contributed by atoms with Gasteiger partial charge in [-0.25, -0.2) is 0 Å². The van der Waals surface area contributed by atoms with E-state index in [-0.39, 0.29) is 30.8 Å². The van der Waals surface area contributed by atoms with Gasteiger partial charge in [-0.2, -0.15) is 0 Å². The zero-order valence-corrected chi connectivity index (χ0v) is 22.0. The molecule has 3 amide bonds. The van der Waals surface area contributed by atoms with Gasteiger partial charge in [0.25, 0.3) is 17.7 Å². The van der Waals surface area contributed by atoms with Crippen LogP contribution in [-0.2, 0) is 0 Å². The van der Waals surface area contributed by atoms with E-state index in [2.05, 4.69) is 0 Å². The highest BCUT2D eigenvalue weighted by Gasteiger charge is 2.33. The van der Waals surface area contributed by atoms with E-state index in [0.29, 0.717) is 44.3 Å². The monoisotopic (exact) mass is 546 g/mol. The first-order chi connectivity index (χ1) is 19.5. The van der Waals surface area contributed by atoms with E-state index >= 15 is 0 Å². The molecule has 0 aromatic heterocycles. The molecule has 0 saturated carbocycles. The number of carbonyl (C=O) groups excluding carboxylic acids is 3. The number of hydrogen-bond acceptors (Lipinski definition) is 4. The molecule has 0 saturated heterocycles. The smallest absolute Gasteiger partial charge is 0.261 e. The van der Waals surface area contributed by atoms with Gasteiger partial charge in [-0.3, -0.25) is 19.3 Å². The van der Waals surface area contributed by atoms with E-state index in [0.717, 1.165) is 5.39 Å². The van der Waals surface area contributed by atoms with Gasteiger partial charge in [0.2, 0.25) is 0 Å². The SMILES string of the molecule is O=C1c2cccc3cccc(c23)C(=O)N1CCN(C(=O)c1ccc(Cl)cc1)c1ccc(Oc2ccccc2)cc1. The summed E-state index contributed by atoms with van der Waals surface area (Å²) >= 11 is 6.05. The standard InChI is InChI=1S/C33H23ClN2O4/c34-24-14-12-23(13-15-24)31(37)35(25-16-18-27(19-17-25)40-26-8-2-1-3-9-26)20-21-36-32(38)28-10-4-6-22-7-5-11-29(30(22)28)33(36)39/h1-19H,20-21H2. The number of carbonyl (C=O) groups is 3. The Kier molecular flexibility index (Phi) is 6.76. The summed E-state index contributed by atoms with van der Waals surface area (Å²) in [6.45, 7) is 0.111. The molecule has 7 heteroatoms.